The van der Waals surface area contributed by atoms with E-state index in [0.29, 0.717) is 0 Å². The Hall–Kier alpha value is -2.20. The molecule has 0 unspecified atom stereocenters. The standard InChI is InChI=1S/C33H38N4.2HI/c1-34-22-18-32-28(24-34)26-14-8-10-16-30(26)36(32)20-12-6-4-3-5-7-13-21-37-31-17-11-9-15-27(31)29-25-35(2)23-19-33(29)37;;/h8-11,14-19,22-25H,3-7,12-13,20-21H2,1-2H3;2*1H/q+2;;/p-2. The summed E-state index contributed by atoms with van der Waals surface area (Å²) in [6.07, 6.45) is 17.9. The van der Waals surface area contributed by atoms with Crippen LogP contribution in [0.4, 0.5) is 0 Å². The lowest BCUT2D eigenvalue weighted by molar-refractivity contribution is -0.670. The van der Waals surface area contributed by atoms with Gasteiger partial charge in [0.1, 0.15) is 14.1 Å². The van der Waals surface area contributed by atoms with E-state index >= 15 is 0 Å². The van der Waals surface area contributed by atoms with E-state index < -0.39 is 0 Å². The normalized spacial score (nSPS) is 11.3. The lowest BCUT2D eigenvalue weighted by Gasteiger charge is -2.08. The van der Waals surface area contributed by atoms with Gasteiger partial charge in [-0.05, 0) is 25.0 Å². The van der Waals surface area contributed by atoms with Crippen molar-refractivity contribution in [1.29, 1.82) is 0 Å². The van der Waals surface area contributed by atoms with Gasteiger partial charge in [-0.2, -0.15) is 0 Å². The molecule has 0 radical (unpaired) electrons. The molecule has 39 heavy (non-hydrogen) atoms. The molecule has 6 rings (SSSR count). The fourth-order valence-electron chi connectivity index (χ4n) is 6.11. The minimum atomic E-state index is 0. The number of unbranched alkanes of at least 4 members (excludes halogenated alkanes) is 6. The third-order valence-corrected chi connectivity index (χ3v) is 7.97. The van der Waals surface area contributed by atoms with E-state index in [1.165, 1.54) is 88.6 Å². The highest BCUT2D eigenvalue weighted by atomic mass is 127. The van der Waals surface area contributed by atoms with Gasteiger partial charge in [-0.1, -0.05) is 68.5 Å². The van der Waals surface area contributed by atoms with Crippen molar-refractivity contribution in [3.8, 4) is 0 Å². The maximum atomic E-state index is 2.52. The zero-order valence-electron chi connectivity index (χ0n) is 23.0. The molecule has 0 fully saturated rings. The van der Waals surface area contributed by atoms with Crippen LogP contribution in [0.15, 0.2) is 85.5 Å². The van der Waals surface area contributed by atoms with E-state index in [4.69, 9.17) is 0 Å². The second kappa shape index (κ2) is 13.4. The molecular weight excluding hydrogens is 706 g/mol. The highest BCUT2D eigenvalue weighted by molar-refractivity contribution is 6.08. The summed E-state index contributed by atoms with van der Waals surface area (Å²) in [6, 6.07) is 22.2. The van der Waals surface area contributed by atoms with E-state index in [2.05, 4.69) is 118 Å². The van der Waals surface area contributed by atoms with Crippen molar-refractivity contribution in [2.75, 3.05) is 0 Å². The van der Waals surface area contributed by atoms with Crippen LogP contribution in [-0.2, 0) is 27.2 Å². The van der Waals surface area contributed by atoms with Crippen LogP contribution in [0.1, 0.15) is 44.9 Å². The Morgan fingerprint density at radius 2 is 0.821 bits per heavy atom. The molecule has 204 valence electrons. The first-order chi connectivity index (χ1) is 18.2. The van der Waals surface area contributed by atoms with Crippen molar-refractivity contribution >= 4 is 43.6 Å². The number of pyridine rings is 2. The van der Waals surface area contributed by atoms with E-state index in [-0.39, 0.29) is 48.0 Å². The molecule has 0 aliphatic rings. The van der Waals surface area contributed by atoms with Gasteiger partial charge >= 0.3 is 0 Å². The minimum absolute atomic E-state index is 0. The summed E-state index contributed by atoms with van der Waals surface area (Å²) in [5, 5.41) is 5.45. The fourth-order valence-corrected chi connectivity index (χ4v) is 6.11. The zero-order valence-corrected chi connectivity index (χ0v) is 27.3. The summed E-state index contributed by atoms with van der Waals surface area (Å²) >= 11 is 0. The number of hydrogen-bond acceptors (Lipinski definition) is 0. The molecule has 4 heterocycles. The number of aromatic nitrogens is 4. The molecule has 4 aromatic heterocycles. The van der Waals surface area contributed by atoms with Crippen molar-refractivity contribution in [2.24, 2.45) is 14.1 Å². The largest absolute Gasteiger partial charge is 1.00 e. The quantitative estimate of drug-likeness (QED) is 0.113. The number of hydrogen-bond donors (Lipinski definition) is 0. The lowest BCUT2D eigenvalue weighted by Crippen LogP contribution is -3.00. The number of halogens is 2. The maximum Gasteiger partial charge on any atom is 0.178 e. The molecule has 6 aromatic rings. The highest BCUT2D eigenvalue weighted by Gasteiger charge is 2.14. The van der Waals surface area contributed by atoms with E-state index in [1.807, 2.05) is 0 Å². The predicted molar refractivity (Wildman–Crippen MR) is 154 cm³/mol. The molecule has 0 N–H and O–H groups in total. The number of rotatable bonds is 10. The van der Waals surface area contributed by atoms with Gasteiger partial charge in [0.2, 0.25) is 0 Å². The van der Waals surface area contributed by atoms with Gasteiger partial charge in [0.25, 0.3) is 0 Å². The third-order valence-electron chi connectivity index (χ3n) is 7.97. The second-order valence-corrected chi connectivity index (χ2v) is 10.6. The van der Waals surface area contributed by atoms with Crippen LogP contribution in [0.3, 0.4) is 0 Å². The predicted octanol–water partition coefficient (Wildman–Crippen LogP) is 0.990. The van der Waals surface area contributed by atoms with Gasteiger partial charge in [-0.25, -0.2) is 9.13 Å². The molecule has 0 aliphatic heterocycles. The lowest BCUT2D eigenvalue weighted by atomic mass is 10.1. The molecule has 0 bridgehead atoms. The van der Waals surface area contributed by atoms with Crippen LogP contribution in [0.5, 0.6) is 0 Å². The van der Waals surface area contributed by atoms with Crippen molar-refractivity contribution < 1.29 is 57.1 Å². The van der Waals surface area contributed by atoms with Crippen LogP contribution < -0.4 is 57.1 Å². The van der Waals surface area contributed by atoms with Gasteiger partial charge < -0.3 is 57.1 Å². The summed E-state index contributed by atoms with van der Waals surface area (Å²) < 4.78 is 9.35. The van der Waals surface area contributed by atoms with Gasteiger partial charge in [0, 0.05) is 47.0 Å². The van der Waals surface area contributed by atoms with Gasteiger partial charge in [0.15, 0.2) is 24.8 Å². The average Bonchev–Trinajstić information content (AvgIpc) is 3.39. The summed E-state index contributed by atoms with van der Waals surface area (Å²) in [6.45, 7) is 2.20. The number of fused-ring (bicyclic) bond motifs is 6. The molecule has 0 saturated carbocycles. The van der Waals surface area contributed by atoms with E-state index in [1.54, 1.807) is 0 Å². The molecule has 0 spiro atoms. The number of nitrogens with zero attached hydrogens (tertiary/aromatic N) is 4. The van der Waals surface area contributed by atoms with Gasteiger partial charge in [-0.3, -0.25) is 0 Å². The topological polar surface area (TPSA) is 17.6 Å². The number of para-hydroxylation sites is 2. The Kier molecular flexibility index (Phi) is 10.3. The Bertz CT molecular complexity index is 1570. The molecule has 6 heteroatoms. The third kappa shape index (κ3) is 6.11. The summed E-state index contributed by atoms with van der Waals surface area (Å²) in [4.78, 5) is 0. The van der Waals surface area contributed by atoms with Crippen LogP contribution in [0.2, 0.25) is 0 Å². The molecule has 0 amide bonds. The summed E-state index contributed by atoms with van der Waals surface area (Å²) in [5.74, 6) is 0. The Labute approximate surface area is 265 Å². The first-order valence-corrected chi connectivity index (χ1v) is 13.9. The first kappa shape index (κ1) is 29.8. The number of benzene rings is 2. The van der Waals surface area contributed by atoms with Crippen molar-refractivity contribution in [3.05, 3.63) is 85.5 Å². The van der Waals surface area contributed by atoms with Crippen LogP contribution in [0, 0.1) is 0 Å². The minimum Gasteiger partial charge on any atom is -1.00 e. The molecular formula is C33H38I2N4. The second-order valence-electron chi connectivity index (χ2n) is 10.6. The van der Waals surface area contributed by atoms with Crippen molar-refractivity contribution in [2.45, 2.75) is 58.0 Å². The van der Waals surface area contributed by atoms with Crippen LogP contribution >= 0.6 is 0 Å². The first-order valence-electron chi connectivity index (χ1n) is 13.9. The Morgan fingerprint density at radius 3 is 1.26 bits per heavy atom. The van der Waals surface area contributed by atoms with Gasteiger partial charge in [-0.15, -0.1) is 0 Å². The highest BCUT2D eigenvalue weighted by Crippen LogP contribution is 2.29. The zero-order chi connectivity index (χ0) is 25.2. The van der Waals surface area contributed by atoms with Crippen LogP contribution in [-0.4, -0.2) is 9.13 Å². The summed E-state index contributed by atoms with van der Waals surface area (Å²) in [5.41, 5.74) is 5.45. The SMILES string of the molecule is C[n+]1ccc2c(c1)c1ccccc1n2CCCCCCCCCn1c2ccccc2c2c[n+](C)ccc21.[I-].[I-]. The molecule has 4 nitrogen and oxygen atoms in total. The summed E-state index contributed by atoms with van der Waals surface area (Å²) in [7, 11) is 4.21. The smallest absolute Gasteiger partial charge is 0.178 e. The van der Waals surface area contributed by atoms with E-state index in [9.17, 15) is 0 Å². The molecule has 0 aliphatic carbocycles. The Balaban J connectivity index is 0.00000176. The Morgan fingerprint density at radius 1 is 0.462 bits per heavy atom. The fraction of sp³-hybridized carbons (Fsp3) is 0.333. The van der Waals surface area contributed by atoms with Gasteiger partial charge in [0.05, 0.1) is 21.8 Å². The van der Waals surface area contributed by atoms with Crippen LogP contribution in [0.25, 0.3) is 43.6 Å². The van der Waals surface area contributed by atoms with E-state index in [0.717, 1.165) is 13.1 Å². The molecule has 0 saturated heterocycles. The number of aryl methyl sites for hydroxylation is 4. The molecule has 0 atom stereocenters. The van der Waals surface area contributed by atoms with Crippen molar-refractivity contribution in [1.82, 2.24) is 9.13 Å². The average molecular weight is 745 g/mol. The molecule has 2 aromatic carbocycles. The maximum absolute atomic E-state index is 2.52. The monoisotopic (exact) mass is 744 g/mol. The van der Waals surface area contributed by atoms with Crippen molar-refractivity contribution in [3.63, 3.8) is 0 Å².